The highest BCUT2D eigenvalue weighted by Crippen LogP contribution is 2.46. The summed E-state index contributed by atoms with van der Waals surface area (Å²) in [5, 5.41) is 41.4. The van der Waals surface area contributed by atoms with Crippen molar-refractivity contribution >= 4 is 17.8 Å². The summed E-state index contributed by atoms with van der Waals surface area (Å²) in [4.78, 5) is 46.4. The summed E-state index contributed by atoms with van der Waals surface area (Å²) in [7, 11) is 6.89. The van der Waals surface area contributed by atoms with Crippen LogP contribution in [-0.4, -0.2) is 188 Å². The van der Waals surface area contributed by atoms with Gasteiger partial charge in [0.1, 0.15) is 29.5 Å². The summed E-state index contributed by atoms with van der Waals surface area (Å²) in [6.45, 7) is 22.0. The Morgan fingerprint density at radius 3 is 2.16 bits per heavy atom. The molecule has 0 aromatic carbocycles. The Labute approximate surface area is 383 Å². The molecule has 4 fully saturated rings. The molecule has 4 rings (SSSR count). The second kappa shape index (κ2) is 23.3. The van der Waals surface area contributed by atoms with E-state index in [1.807, 2.05) is 53.6 Å². The number of likely N-dealkylation sites (tertiary alicyclic amines) is 1. The molecule has 4 saturated heterocycles. The molecule has 4 heterocycles. The van der Waals surface area contributed by atoms with E-state index in [2.05, 4.69) is 15.5 Å². The topological polar surface area (TPSA) is 207 Å². The molecule has 1 unspecified atom stereocenters. The average Bonchev–Trinajstić information content (AvgIpc) is 3.76. The lowest BCUT2D eigenvalue weighted by Crippen LogP contribution is -2.62. The van der Waals surface area contributed by atoms with E-state index in [1.165, 1.54) is 26.9 Å². The van der Waals surface area contributed by atoms with Crippen LogP contribution < -0.4 is 10.6 Å². The smallest absolute Gasteiger partial charge is 0.309 e. The SMILES string of the molecule is CC[C@H]1OC(=O)[C@H](C)C([C@H]2C[C@@](C)(OC)[C@@H](OC(=O)CCNCCN3CCCC3)[C@H](C)O2)[C@H](C)[C@@H](O[C@@H]2O[C@H](C)C[C@H](N(C)C)[C@H]2O)[C@](C)(OC)C[C@@H](C)C(=O)N[C@H](C)[C@@H](O)[C@]1(C)O. The predicted octanol–water partition coefficient (Wildman–Crippen LogP) is 2.64. The molecule has 0 bridgehead atoms. The molecular weight excluding hydrogens is 829 g/mol. The zero-order valence-electron chi connectivity index (χ0n) is 41.5. The second-order valence-corrected chi connectivity index (χ2v) is 20.3. The van der Waals surface area contributed by atoms with Crippen LogP contribution in [0.5, 0.6) is 0 Å². The maximum Gasteiger partial charge on any atom is 0.309 e. The summed E-state index contributed by atoms with van der Waals surface area (Å²) < 4.78 is 45.2. The van der Waals surface area contributed by atoms with E-state index in [9.17, 15) is 29.7 Å². The number of rotatable bonds is 14. The zero-order valence-corrected chi connectivity index (χ0v) is 41.5. The van der Waals surface area contributed by atoms with Crippen LogP contribution >= 0.6 is 0 Å². The molecule has 1 amide bonds. The maximum atomic E-state index is 14.7. The van der Waals surface area contributed by atoms with Gasteiger partial charge < -0.3 is 68.9 Å². The van der Waals surface area contributed by atoms with E-state index in [0.717, 1.165) is 26.2 Å². The number of amides is 1. The van der Waals surface area contributed by atoms with Crippen molar-refractivity contribution in [2.75, 3.05) is 61.0 Å². The van der Waals surface area contributed by atoms with Crippen molar-refractivity contribution in [3.63, 3.8) is 0 Å². The number of hydrogen-bond acceptors (Lipinski definition) is 16. The third-order valence-electron chi connectivity index (χ3n) is 15.0. The van der Waals surface area contributed by atoms with E-state index in [4.69, 9.17) is 33.2 Å². The molecule has 4 aliphatic heterocycles. The first kappa shape index (κ1) is 54.6. The minimum atomic E-state index is -1.95. The van der Waals surface area contributed by atoms with Gasteiger partial charge in [-0.25, -0.2) is 0 Å². The summed E-state index contributed by atoms with van der Waals surface area (Å²) in [6, 6.07) is -1.22. The number of ether oxygens (including phenoxy) is 7. The van der Waals surface area contributed by atoms with Crippen LogP contribution in [0.4, 0.5) is 0 Å². The van der Waals surface area contributed by atoms with E-state index in [0.29, 0.717) is 13.0 Å². The molecule has 18 atom stereocenters. The van der Waals surface area contributed by atoms with Crippen LogP contribution in [0.25, 0.3) is 0 Å². The Balaban J connectivity index is 1.76. The van der Waals surface area contributed by atoms with Gasteiger partial charge in [-0.3, -0.25) is 14.4 Å². The standard InChI is InChI=1S/C47H86N4O13/c1-15-35-47(10,57)39(54)31(6)49-42(55)27(2)25-45(8,58-13)40(64-44-38(53)33(50(11)12)24-28(3)60-44)29(4)37(30(5)43(56)62-35)34-26-46(9,59-14)41(32(7)61-34)63-36(52)18-19-48-20-23-51-21-16-17-22-51/h27-35,37-41,44,48,53-54,57H,15-26H2,1-14H3,(H,49,55)/t27-,28-,29+,30-,31-,32+,33+,34-,35-,37?,38-,39-,40-,41+,44+,45-,46-,47-/m1/s1. The number of methoxy groups -OCH3 is 2. The molecule has 17 heteroatoms. The predicted molar refractivity (Wildman–Crippen MR) is 240 cm³/mol. The van der Waals surface area contributed by atoms with Crippen LogP contribution in [0, 0.1) is 23.7 Å². The van der Waals surface area contributed by atoms with Crippen molar-refractivity contribution in [1.82, 2.24) is 20.4 Å². The number of carbonyl (C=O) groups excluding carboxylic acids is 3. The molecule has 4 aliphatic rings. The minimum absolute atomic E-state index is 0.116. The van der Waals surface area contributed by atoms with Crippen LogP contribution in [-0.2, 0) is 47.5 Å². The van der Waals surface area contributed by atoms with Gasteiger partial charge in [0.2, 0.25) is 5.91 Å². The molecule has 0 aliphatic carbocycles. The Kier molecular flexibility index (Phi) is 19.9. The first-order valence-corrected chi connectivity index (χ1v) is 23.9. The lowest BCUT2D eigenvalue weighted by Gasteiger charge is -2.52. The number of aliphatic hydroxyl groups is 3. The summed E-state index contributed by atoms with van der Waals surface area (Å²) in [6.07, 6.45) is -4.64. The Morgan fingerprint density at radius 1 is 0.938 bits per heavy atom. The second-order valence-electron chi connectivity index (χ2n) is 20.3. The number of nitrogens with zero attached hydrogens (tertiary/aromatic N) is 2. The van der Waals surface area contributed by atoms with Crippen molar-refractivity contribution in [3.8, 4) is 0 Å². The van der Waals surface area contributed by atoms with Gasteiger partial charge in [-0.05, 0) is 107 Å². The fourth-order valence-electron chi connectivity index (χ4n) is 10.9. The number of carbonyl (C=O) groups is 3. The third kappa shape index (κ3) is 12.9. The highest BCUT2D eigenvalue weighted by molar-refractivity contribution is 5.78. The van der Waals surface area contributed by atoms with Crippen molar-refractivity contribution in [2.45, 2.75) is 198 Å². The van der Waals surface area contributed by atoms with E-state index < -0.39 is 107 Å². The number of esters is 2. The fraction of sp³-hybridized carbons (Fsp3) is 0.936. The molecule has 0 saturated carbocycles. The van der Waals surface area contributed by atoms with Gasteiger partial charge in [0, 0.05) is 58.2 Å². The maximum absolute atomic E-state index is 14.7. The fourth-order valence-corrected chi connectivity index (χ4v) is 10.9. The number of cyclic esters (lactones) is 1. The summed E-state index contributed by atoms with van der Waals surface area (Å²) in [5.41, 5.74) is -4.27. The molecule has 0 aromatic heterocycles. The molecule has 0 spiro atoms. The van der Waals surface area contributed by atoms with Crippen LogP contribution in [0.1, 0.15) is 114 Å². The van der Waals surface area contributed by atoms with Crippen LogP contribution in [0.2, 0.25) is 0 Å². The highest BCUT2D eigenvalue weighted by Gasteiger charge is 2.56. The Bertz CT molecular complexity index is 1500. The Hall–Kier alpha value is -2.03. The normalized spacial score (nSPS) is 43.6. The Morgan fingerprint density at radius 2 is 1.56 bits per heavy atom. The van der Waals surface area contributed by atoms with Crippen LogP contribution in [0.3, 0.4) is 0 Å². The molecule has 5 N–H and O–H groups in total. The quantitative estimate of drug-likeness (QED) is 0.126. The lowest BCUT2D eigenvalue weighted by atomic mass is 9.68. The van der Waals surface area contributed by atoms with Gasteiger partial charge in [-0.1, -0.05) is 27.7 Å². The molecule has 64 heavy (non-hydrogen) atoms. The van der Waals surface area contributed by atoms with E-state index >= 15 is 0 Å². The largest absolute Gasteiger partial charge is 0.459 e. The average molecular weight is 915 g/mol. The molecule has 0 radical (unpaired) electrons. The summed E-state index contributed by atoms with van der Waals surface area (Å²) in [5.74, 6) is -4.44. The molecule has 0 aromatic rings. The van der Waals surface area contributed by atoms with Gasteiger partial charge in [0.25, 0.3) is 0 Å². The van der Waals surface area contributed by atoms with Gasteiger partial charge in [0.05, 0.1) is 48.4 Å². The monoisotopic (exact) mass is 915 g/mol. The van der Waals surface area contributed by atoms with Gasteiger partial charge in [0.15, 0.2) is 12.4 Å². The third-order valence-corrected chi connectivity index (χ3v) is 15.0. The lowest BCUT2D eigenvalue weighted by molar-refractivity contribution is -0.304. The number of aliphatic hydroxyl groups excluding tert-OH is 2. The van der Waals surface area contributed by atoms with Crippen LogP contribution in [0.15, 0.2) is 0 Å². The molecular formula is C47H86N4O13. The van der Waals surface area contributed by atoms with Crippen molar-refractivity contribution in [1.29, 1.82) is 0 Å². The van der Waals surface area contributed by atoms with Crippen molar-refractivity contribution in [3.05, 3.63) is 0 Å². The van der Waals surface area contributed by atoms with E-state index in [-0.39, 0.29) is 43.8 Å². The summed E-state index contributed by atoms with van der Waals surface area (Å²) >= 11 is 0. The minimum Gasteiger partial charge on any atom is -0.459 e. The van der Waals surface area contributed by atoms with Gasteiger partial charge in [-0.2, -0.15) is 0 Å². The van der Waals surface area contributed by atoms with Gasteiger partial charge in [-0.15, -0.1) is 0 Å². The van der Waals surface area contributed by atoms with Crippen molar-refractivity contribution < 1.29 is 62.9 Å². The number of likely N-dealkylation sites (N-methyl/N-ethyl adjacent to an activating group) is 1. The first-order valence-electron chi connectivity index (χ1n) is 23.9. The zero-order chi connectivity index (χ0) is 47.9. The van der Waals surface area contributed by atoms with Crippen molar-refractivity contribution in [2.24, 2.45) is 23.7 Å². The van der Waals surface area contributed by atoms with Gasteiger partial charge >= 0.3 is 11.9 Å². The highest BCUT2D eigenvalue weighted by atomic mass is 16.7. The number of nitrogens with one attached hydrogen (secondary N) is 2. The number of hydrogen-bond donors (Lipinski definition) is 5. The first-order chi connectivity index (χ1) is 29.9. The van der Waals surface area contributed by atoms with E-state index in [1.54, 1.807) is 34.8 Å². The molecule has 372 valence electrons. The molecule has 17 nitrogen and oxygen atoms in total.